The zero-order valence-electron chi connectivity index (χ0n) is 8.26. The molecule has 2 rings (SSSR count). The average Bonchev–Trinajstić information content (AvgIpc) is 2.29. The number of hydrogen-bond donors (Lipinski definition) is 0. The van der Waals surface area contributed by atoms with E-state index in [2.05, 4.69) is 0 Å². The summed E-state index contributed by atoms with van der Waals surface area (Å²) in [5.41, 5.74) is 0.507. The summed E-state index contributed by atoms with van der Waals surface area (Å²) in [5.74, 6) is -1.35. The molecule has 0 N–H and O–H groups in total. The molecule has 2 aromatic carbocycles. The topological polar surface area (TPSA) is 43.1 Å². The number of fused-ring (bicyclic) bond motifs is 1. The summed E-state index contributed by atoms with van der Waals surface area (Å²) in [7, 11) is 0. The van der Waals surface area contributed by atoms with Crippen LogP contribution in [0.1, 0.15) is 5.56 Å². The Morgan fingerprint density at radius 1 is 1.19 bits per heavy atom. The highest BCUT2D eigenvalue weighted by Crippen LogP contribution is 2.21. The lowest BCUT2D eigenvalue weighted by Gasteiger charge is -2.00. The second-order valence-corrected chi connectivity index (χ2v) is 3.29. The standard InChI is InChI=1S/C12H8FNO2/c13-12(14(15)16)8-10-6-3-5-9-4-1-2-7-11(9)10/h1-8H/b12-8+. The van der Waals surface area contributed by atoms with Gasteiger partial charge >= 0.3 is 5.95 Å². The summed E-state index contributed by atoms with van der Waals surface area (Å²) in [5, 5.41) is 11.9. The van der Waals surface area contributed by atoms with Crippen molar-refractivity contribution in [1.82, 2.24) is 0 Å². The molecule has 80 valence electrons. The van der Waals surface area contributed by atoms with Gasteiger partial charge in [0.15, 0.2) is 0 Å². The van der Waals surface area contributed by atoms with E-state index in [9.17, 15) is 14.5 Å². The summed E-state index contributed by atoms with van der Waals surface area (Å²) < 4.78 is 12.9. The van der Waals surface area contributed by atoms with Crippen LogP contribution in [0.15, 0.2) is 48.4 Å². The zero-order valence-corrected chi connectivity index (χ0v) is 8.26. The smallest absolute Gasteiger partial charge is 0.256 e. The van der Waals surface area contributed by atoms with Crippen molar-refractivity contribution in [2.45, 2.75) is 0 Å². The van der Waals surface area contributed by atoms with Gasteiger partial charge in [0.1, 0.15) is 0 Å². The fourth-order valence-corrected chi connectivity index (χ4v) is 1.56. The molecule has 0 saturated heterocycles. The number of nitrogens with zero attached hydrogens (tertiary/aromatic N) is 1. The minimum atomic E-state index is -1.35. The zero-order chi connectivity index (χ0) is 11.5. The van der Waals surface area contributed by atoms with Crippen LogP contribution in [-0.4, -0.2) is 4.92 Å². The van der Waals surface area contributed by atoms with E-state index >= 15 is 0 Å². The van der Waals surface area contributed by atoms with Gasteiger partial charge < -0.3 is 0 Å². The molecule has 16 heavy (non-hydrogen) atoms. The number of halogens is 1. The van der Waals surface area contributed by atoms with E-state index in [1.165, 1.54) is 0 Å². The fraction of sp³-hybridized carbons (Fsp3) is 0. The van der Waals surface area contributed by atoms with Crippen LogP contribution in [0.3, 0.4) is 0 Å². The Kier molecular flexibility index (Phi) is 2.64. The Bertz CT molecular complexity index is 573. The van der Waals surface area contributed by atoms with Gasteiger partial charge in [-0.2, -0.15) is 0 Å². The Labute approximate surface area is 91.0 Å². The Morgan fingerprint density at radius 2 is 1.88 bits per heavy atom. The van der Waals surface area contributed by atoms with Crippen molar-refractivity contribution in [3.05, 3.63) is 64.1 Å². The van der Waals surface area contributed by atoms with E-state index in [-0.39, 0.29) is 0 Å². The molecule has 0 atom stereocenters. The average molecular weight is 217 g/mol. The van der Waals surface area contributed by atoms with E-state index in [0.717, 1.165) is 16.8 Å². The highest BCUT2D eigenvalue weighted by atomic mass is 19.1. The molecule has 0 radical (unpaired) electrons. The van der Waals surface area contributed by atoms with Crippen LogP contribution in [0.5, 0.6) is 0 Å². The molecule has 4 heteroatoms. The maximum Gasteiger partial charge on any atom is 0.419 e. The molecule has 0 aromatic heterocycles. The number of nitro groups is 1. The first-order valence-electron chi connectivity index (χ1n) is 4.68. The maximum atomic E-state index is 12.9. The summed E-state index contributed by atoms with van der Waals surface area (Å²) in [6.07, 6.45) is 0.933. The molecule has 3 nitrogen and oxygen atoms in total. The predicted octanol–water partition coefficient (Wildman–Crippen LogP) is 3.38. The minimum absolute atomic E-state index is 0.507. The van der Waals surface area contributed by atoms with Crippen molar-refractivity contribution in [3.63, 3.8) is 0 Å². The van der Waals surface area contributed by atoms with Crippen LogP contribution >= 0.6 is 0 Å². The van der Waals surface area contributed by atoms with E-state index in [0.29, 0.717) is 5.56 Å². The van der Waals surface area contributed by atoms with Gasteiger partial charge in [0.25, 0.3) is 0 Å². The first kappa shape index (κ1) is 10.3. The molecule has 0 amide bonds. The fourth-order valence-electron chi connectivity index (χ4n) is 1.56. The highest BCUT2D eigenvalue weighted by Gasteiger charge is 2.08. The largest absolute Gasteiger partial charge is 0.419 e. The monoisotopic (exact) mass is 217 g/mol. The lowest BCUT2D eigenvalue weighted by Crippen LogP contribution is -1.91. The van der Waals surface area contributed by atoms with Crippen molar-refractivity contribution in [3.8, 4) is 0 Å². The second-order valence-electron chi connectivity index (χ2n) is 3.29. The van der Waals surface area contributed by atoms with Crippen LogP contribution in [0.2, 0.25) is 0 Å². The lowest BCUT2D eigenvalue weighted by molar-refractivity contribution is -0.445. The van der Waals surface area contributed by atoms with E-state index in [1.54, 1.807) is 18.2 Å². The number of hydrogen-bond acceptors (Lipinski definition) is 2. The van der Waals surface area contributed by atoms with Crippen LogP contribution < -0.4 is 0 Å². The van der Waals surface area contributed by atoms with Crippen LogP contribution in [-0.2, 0) is 0 Å². The molecule has 0 aliphatic rings. The molecular formula is C12H8FNO2. The molecule has 0 spiro atoms. The summed E-state index contributed by atoms with van der Waals surface area (Å²) in [4.78, 5) is 9.16. The van der Waals surface area contributed by atoms with Crippen LogP contribution in [0.25, 0.3) is 16.8 Å². The lowest BCUT2D eigenvalue weighted by atomic mass is 10.0. The number of benzene rings is 2. The Balaban J connectivity index is 2.61. The Morgan fingerprint density at radius 3 is 2.62 bits per heavy atom. The van der Waals surface area contributed by atoms with Crippen molar-refractivity contribution in [1.29, 1.82) is 0 Å². The van der Waals surface area contributed by atoms with E-state index < -0.39 is 10.9 Å². The molecule has 0 aliphatic heterocycles. The first-order valence-corrected chi connectivity index (χ1v) is 4.68. The molecule has 0 saturated carbocycles. The van der Waals surface area contributed by atoms with Crippen LogP contribution in [0, 0.1) is 10.1 Å². The third kappa shape index (κ3) is 1.91. The summed E-state index contributed by atoms with van der Waals surface area (Å²) in [6.45, 7) is 0. The van der Waals surface area contributed by atoms with Gasteiger partial charge in [-0.15, -0.1) is 4.39 Å². The minimum Gasteiger partial charge on any atom is -0.256 e. The summed E-state index contributed by atoms with van der Waals surface area (Å²) >= 11 is 0. The third-order valence-electron chi connectivity index (χ3n) is 2.27. The van der Waals surface area contributed by atoms with Crippen molar-refractivity contribution >= 4 is 16.8 Å². The third-order valence-corrected chi connectivity index (χ3v) is 2.27. The van der Waals surface area contributed by atoms with Gasteiger partial charge in [0.05, 0.1) is 11.0 Å². The molecule has 0 aliphatic carbocycles. The quantitative estimate of drug-likeness (QED) is 0.439. The summed E-state index contributed by atoms with van der Waals surface area (Å²) in [6, 6.07) is 12.6. The van der Waals surface area contributed by atoms with Gasteiger partial charge in [0, 0.05) is 0 Å². The molecule has 0 fully saturated rings. The molecule has 0 unspecified atom stereocenters. The maximum absolute atomic E-state index is 12.9. The molecule has 0 bridgehead atoms. The van der Waals surface area contributed by atoms with Crippen LogP contribution in [0.4, 0.5) is 4.39 Å². The SMILES string of the molecule is O=[N+]([O-])/C(F)=C/c1cccc2ccccc12. The van der Waals surface area contributed by atoms with E-state index in [4.69, 9.17) is 0 Å². The number of rotatable bonds is 2. The van der Waals surface area contributed by atoms with Crippen molar-refractivity contribution in [2.24, 2.45) is 0 Å². The van der Waals surface area contributed by atoms with Gasteiger partial charge in [-0.1, -0.05) is 42.5 Å². The Hall–Kier alpha value is -2.23. The van der Waals surface area contributed by atoms with Crippen molar-refractivity contribution < 1.29 is 9.31 Å². The molecule has 0 heterocycles. The van der Waals surface area contributed by atoms with Crippen molar-refractivity contribution in [2.75, 3.05) is 0 Å². The first-order chi connectivity index (χ1) is 7.68. The molecule has 2 aromatic rings. The van der Waals surface area contributed by atoms with Gasteiger partial charge in [-0.05, 0) is 16.3 Å². The van der Waals surface area contributed by atoms with E-state index in [1.807, 2.05) is 24.3 Å². The molecular weight excluding hydrogens is 209 g/mol. The van der Waals surface area contributed by atoms with Gasteiger partial charge in [0.2, 0.25) is 0 Å². The second kappa shape index (κ2) is 4.10. The van der Waals surface area contributed by atoms with Gasteiger partial charge in [-0.25, -0.2) is 0 Å². The van der Waals surface area contributed by atoms with Gasteiger partial charge in [-0.3, -0.25) is 10.1 Å². The highest BCUT2D eigenvalue weighted by molar-refractivity contribution is 5.90. The predicted molar refractivity (Wildman–Crippen MR) is 60.0 cm³/mol. The normalized spacial score (nSPS) is 11.7.